The molecule has 0 fully saturated rings. The van der Waals surface area contributed by atoms with E-state index in [-0.39, 0.29) is 11.3 Å². The van der Waals surface area contributed by atoms with E-state index in [1.165, 1.54) is 0 Å². The zero-order valence-electron chi connectivity index (χ0n) is 13.6. The van der Waals surface area contributed by atoms with Crippen LogP contribution in [0.15, 0.2) is 28.9 Å². The Morgan fingerprint density at radius 3 is 2.55 bits per heavy atom. The highest BCUT2D eigenvalue weighted by molar-refractivity contribution is 5.76. The number of rotatable bonds is 5. The third kappa shape index (κ3) is 4.41. The fourth-order valence-corrected chi connectivity index (χ4v) is 2.00. The van der Waals surface area contributed by atoms with Crippen LogP contribution < -0.4 is 5.32 Å². The zero-order chi connectivity index (χ0) is 16.2. The van der Waals surface area contributed by atoms with Crippen molar-refractivity contribution in [3.05, 3.63) is 47.4 Å². The standard InChI is InChI=1S/C17H23N3O2/c1-12-14(22-16(20-12)17(2,3)4)5-6-15(21)19-11-13-7-9-18-10-8-13/h7-10H,5-6,11H2,1-4H3,(H,19,21). The molecule has 0 saturated heterocycles. The second kappa shape index (κ2) is 6.73. The van der Waals surface area contributed by atoms with Crippen molar-refractivity contribution >= 4 is 5.91 Å². The number of nitrogens with one attached hydrogen (secondary N) is 1. The summed E-state index contributed by atoms with van der Waals surface area (Å²) in [5.74, 6) is 1.52. The minimum Gasteiger partial charge on any atom is -0.445 e. The summed E-state index contributed by atoms with van der Waals surface area (Å²) in [6, 6.07) is 3.77. The van der Waals surface area contributed by atoms with Crippen molar-refractivity contribution in [3.8, 4) is 0 Å². The first kappa shape index (κ1) is 16.2. The molecule has 0 unspecified atom stereocenters. The van der Waals surface area contributed by atoms with Gasteiger partial charge in [0.1, 0.15) is 5.76 Å². The van der Waals surface area contributed by atoms with Crippen LogP contribution >= 0.6 is 0 Å². The van der Waals surface area contributed by atoms with Crippen LogP contribution in [0.4, 0.5) is 0 Å². The molecule has 0 aromatic carbocycles. The Kier molecular flexibility index (Phi) is 4.96. The van der Waals surface area contributed by atoms with Crippen molar-refractivity contribution < 1.29 is 9.21 Å². The number of hydrogen-bond donors (Lipinski definition) is 1. The Bertz CT molecular complexity index is 627. The third-order valence-corrected chi connectivity index (χ3v) is 3.35. The van der Waals surface area contributed by atoms with E-state index >= 15 is 0 Å². The number of aryl methyl sites for hydroxylation is 2. The lowest BCUT2D eigenvalue weighted by Crippen LogP contribution is -2.23. The first-order chi connectivity index (χ1) is 10.4. The molecular weight excluding hydrogens is 278 g/mol. The maximum Gasteiger partial charge on any atom is 0.220 e. The van der Waals surface area contributed by atoms with Crippen LogP contribution in [0.1, 0.15) is 50.1 Å². The van der Waals surface area contributed by atoms with Crippen LogP contribution in [0, 0.1) is 6.92 Å². The second-order valence-corrected chi connectivity index (χ2v) is 6.41. The summed E-state index contributed by atoms with van der Waals surface area (Å²) in [6.45, 7) is 8.61. The topological polar surface area (TPSA) is 68.0 Å². The molecule has 5 heteroatoms. The van der Waals surface area contributed by atoms with E-state index in [0.717, 1.165) is 22.9 Å². The molecule has 1 amide bonds. The highest BCUT2D eigenvalue weighted by Gasteiger charge is 2.22. The number of amides is 1. The highest BCUT2D eigenvalue weighted by Crippen LogP contribution is 2.24. The summed E-state index contributed by atoms with van der Waals surface area (Å²) >= 11 is 0. The number of aromatic nitrogens is 2. The molecule has 0 aliphatic heterocycles. The van der Waals surface area contributed by atoms with Gasteiger partial charge >= 0.3 is 0 Å². The zero-order valence-corrected chi connectivity index (χ0v) is 13.6. The molecule has 2 heterocycles. The fraction of sp³-hybridized carbons (Fsp3) is 0.471. The molecule has 22 heavy (non-hydrogen) atoms. The molecule has 0 spiro atoms. The van der Waals surface area contributed by atoms with Gasteiger partial charge in [0.15, 0.2) is 5.89 Å². The second-order valence-electron chi connectivity index (χ2n) is 6.41. The van der Waals surface area contributed by atoms with Gasteiger partial charge in [0.05, 0.1) is 5.69 Å². The van der Waals surface area contributed by atoms with Gasteiger partial charge in [-0.05, 0) is 24.6 Å². The van der Waals surface area contributed by atoms with E-state index in [0.29, 0.717) is 19.4 Å². The first-order valence-corrected chi connectivity index (χ1v) is 7.48. The Balaban J connectivity index is 1.85. The van der Waals surface area contributed by atoms with Crippen molar-refractivity contribution in [2.24, 2.45) is 0 Å². The minimum atomic E-state index is -0.118. The Morgan fingerprint density at radius 1 is 1.27 bits per heavy atom. The summed E-state index contributed by atoms with van der Waals surface area (Å²) in [5.41, 5.74) is 1.79. The van der Waals surface area contributed by atoms with Gasteiger partial charge in [0.2, 0.25) is 5.91 Å². The van der Waals surface area contributed by atoms with Gasteiger partial charge < -0.3 is 9.73 Å². The van der Waals surface area contributed by atoms with E-state index in [2.05, 4.69) is 36.1 Å². The molecule has 0 radical (unpaired) electrons. The molecule has 0 aliphatic carbocycles. The third-order valence-electron chi connectivity index (χ3n) is 3.35. The molecular formula is C17H23N3O2. The number of carbonyl (C=O) groups is 1. The molecule has 5 nitrogen and oxygen atoms in total. The Hall–Kier alpha value is -2.17. The normalized spacial score (nSPS) is 11.5. The molecule has 0 atom stereocenters. The molecule has 2 aromatic heterocycles. The maximum atomic E-state index is 11.9. The average molecular weight is 301 g/mol. The smallest absolute Gasteiger partial charge is 0.220 e. The van der Waals surface area contributed by atoms with Gasteiger partial charge in [-0.3, -0.25) is 9.78 Å². The van der Waals surface area contributed by atoms with Crippen LogP contribution in [0.5, 0.6) is 0 Å². The number of pyridine rings is 1. The lowest BCUT2D eigenvalue weighted by Gasteiger charge is -2.12. The van der Waals surface area contributed by atoms with Crippen LogP contribution in [0.3, 0.4) is 0 Å². The SMILES string of the molecule is Cc1nc(C(C)(C)C)oc1CCC(=O)NCc1ccncc1. The predicted molar refractivity (Wildman–Crippen MR) is 84.3 cm³/mol. The molecule has 2 aromatic rings. The summed E-state index contributed by atoms with van der Waals surface area (Å²) in [6.07, 6.45) is 4.39. The molecule has 0 saturated carbocycles. The molecule has 1 N–H and O–H groups in total. The average Bonchev–Trinajstić information content (AvgIpc) is 2.85. The van der Waals surface area contributed by atoms with Crippen molar-refractivity contribution in [1.82, 2.24) is 15.3 Å². The van der Waals surface area contributed by atoms with Crippen LogP contribution in [-0.2, 0) is 23.2 Å². The summed E-state index contributed by atoms with van der Waals surface area (Å²) in [7, 11) is 0. The monoisotopic (exact) mass is 301 g/mol. The quantitative estimate of drug-likeness (QED) is 0.922. The molecule has 2 rings (SSSR count). The maximum absolute atomic E-state index is 11.9. The van der Waals surface area contributed by atoms with Gasteiger partial charge in [-0.15, -0.1) is 0 Å². The van der Waals surface area contributed by atoms with Gasteiger partial charge in [-0.2, -0.15) is 0 Å². The molecule has 0 bridgehead atoms. The highest BCUT2D eigenvalue weighted by atomic mass is 16.4. The van der Waals surface area contributed by atoms with Gasteiger partial charge in [0, 0.05) is 37.2 Å². The molecule has 0 aliphatic rings. The number of hydrogen-bond acceptors (Lipinski definition) is 4. The first-order valence-electron chi connectivity index (χ1n) is 7.48. The Morgan fingerprint density at radius 2 is 1.95 bits per heavy atom. The van der Waals surface area contributed by atoms with Crippen molar-refractivity contribution in [2.75, 3.05) is 0 Å². The number of oxazole rings is 1. The minimum absolute atomic E-state index is 0.00456. The van der Waals surface area contributed by atoms with E-state index in [9.17, 15) is 4.79 Å². The van der Waals surface area contributed by atoms with E-state index < -0.39 is 0 Å². The van der Waals surface area contributed by atoms with E-state index in [4.69, 9.17) is 4.42 Å². The van der Waals surface area contributed by atoms with E-state index in [1.54, 1.807) is 12.4 Å². The number of nitrogens with zero attached hydrogens (tertiary/aromatic N) is 2. The van der Waals surface area contributed by atoms with Crippen LogP contribution in [0.2, 0.25) is 0 Å². The fourth-order valence-electron chi connectivity index (χ4n) is 2.00. The van der Waals surface area contributed by atoms with E-state index in [1.807, 2.05) is 19.1 Å². The Labute approximate surface area is 131 Å². The van der Waals surface area contributed by atoms with Gasteiger partial charge in [-0.25, -0.2) is 4.98 Å². The van der Waals surface area contributed by atoms with Gasteiger partial charge in [-0.1, -0.05) is 20.8 Å². The van der Waals surface area contributed by atoms with Crippen molar-refractivity contribution in [1.29, 1.82) is 0 Å². The van der Waals surface area contributed by atoms with Crippen LogP contribution in [-0.4, -0.2) is 15.9 Å². The van der Waals surface area contributed by atoms with Crippen molar-refractivity contribution in [2.45, 2.75) is 52.5 Å². The number of carbonyl (C=O) groups excluding carboxylic acids is 1. The lowest BCUT2D eigenvalue weighted by molar-refractivity contribution is -0.121. The van der Waals surface area contributed by atoms with Gasteiger partial charge in [0.25, 0.3) is 0 Å². The van der Waals surface area contributed by atoms with Crippen LogP contribution in [0.25, 0.3) is 0 Å². The predicted octanol–water partition coefficient (Wildman–Crippen LogP) is 2.92. The lowest BCUT2D eigenvalue weighted by atomic mass is 9.97. The largest absolute Gasteiger partial charge is 0.445 e. The summed E-state index contributed by atoms with van der Waals surface area (Å²) in [5, 5.41) is 2.90. The molecule has 118 valence electrons. The summed E-state index contributed by atoms with van der Waals surface area (Å²) in [4.78, 5) is 20.3. The van der Waals surface area contributed by atoms with Crippen molar-refractivity contribution in [3.63, 3.8) is 0 Å². The summed E-state index contributed by atoms with van der Waals surface area (Å²) < 4.78 is 5.79.